The van der Waals surface area contributed by atoms with Crippen LogP contribution in [0, 0.1) is 6.92 Å². The number of carbonyl (C=O) groups is 2. The van der Waals surface area contributed by atoms with Gasteiger partial charge >= 0.3 is 0 Å². The van der Waals surface area contributed by atoms with E-state index in [-0.39, 0.29) is 12.5 Å². The van der Waals surface area contributed by atoms with Crippen LogP contribution in [0.2, 0.25) is 0 Å². The quantitative estimate of drug-likeness (QED) is 0.651. The maximum absolute atomic E-state index is 11.4. The van der Waals surface area contributed by atoms with Gasteiger partial charge in [0.2, 0.25) is 5.91 Å². The number of nitrogens with one attached hydrogen (secondary N) is 1. The van der Waals surface area contributed by atoms with Crippen LogP contribution in [0.5, 0.6) is 0 Å². The Labute approximate surface area is 85.1 Å². The van der Waals surface area contributed by atoms with Crippen LogP contribution in [-0.2, 0) is 4.79 Å². The normalized spacial score (nSPS) is 9.79. The Morgan fingerprint density at radius 2 is 2.21 bits per heavy atom. The lowest BCUT2D eigenvalue weighted by Crippen LogP contribution is -2.32. The van der Waals surface area contributed by atoms with Crippen LogP contribution in [0.3, 0.4) is 0 Å². The summed E-state index contributed by atoms with van der Waals surface area (Å²) in [6.45, 7) is 1.67. The lowest BCUT2D eigenvalue weighted by atomic mass is 10.3. The molecule has 0 radical (unpaired) electrons. The average Bonchev–Trinajstić information content (AvgIpc) is 2.43. The Hall–Kier alpha value is -1.56. The van der Waals surface area contributed by atoms with Crippen molar-refractivity contribution in [2.24, 2.45) is 5.73 Å². The zero-order valence-electron chi connectivity index (χ0n) is 7.66. The molecule has 0 aliphatic heterocycles. The Kier molecular flexibility index (Phi) is 3.08. The largest absolute Gasteiger partial charge is 0.398 e. The molecule has 0 saturated heterocycles. The fourth-order valence-corrected chi connectivity index (χ4v) is 1.72. The van der Waals surface area contributed by atoms with Gasteiger partial charge in [-0.3, -0.25) is 9.59 Å². The van der Waals surface area contributed by atoms with Crippen molar-refractivity contribution in [2.45, 2.75) is 6.92 Å². The van der Waals surface area contributed by atoms with Gasteiger partial charge in [-0.1, -0.05) is 0 Å². The number of nitrogens with two attached hydrogens (primary N) is 2. The van der Waals surface area contributed by atoms with Gasteiger partial charge in [-0.25, -0.2) is 0 Å². The van der Waals surface area contributed by atoms with Crippen LogP contribution >= 0.6 is 11.3 Å². The van der Waals surface area contributed by atoms with Crippen molar-refractivity contribution in [3.63, 3.8) is 0 Å². The van der Waals surface area contributed by atoms with Crippen LogP contribution in [0.25, 0.3) is 0 Å². The Balaban J connectivity index is 2.65. The molecule has 2 amide bonds. The molecule has 5 nitrogen and oxygen atoms in total. The number of thiophene rings is 1. The molecule has 14 heavy (non-hydrogen) atoms. The Bertz CT molecular complexity index is 353. The van der Waals surface area contributed by atoms with Crippen LogP contribution in [0.1, 0.15) is 14.5 Å². The molecule has 0 spiro atoms. The number of nitrogen functional groups attached to an aromatic ring is 1. The van der Waals surface area contributed by atoms with Gasteiger partial charge in [-0.2, -0.15) is 0 Å². The van der Waals surface area contributed by atoms with Crippen molar-refractivity contribution in [3.8, 4) is 0 Å². The summed E-state index contributed by atoms with van der Waals surface area (Å²) in [5.74, 6) is -0.895. The molecule has 0 aliphatic carbocycles. The average molecular weight is 213 g/mol. The predicted molar refractivity (Wildman–Crippen MR) is 55.0 cm³/mol. The van der Waals surface area contributed by atoms with Crippen molar-refractivity contribution in [1.29, 1.82) is 0 Å². The lowest BCUT2D eigenvalue weighted by molar-refractivity contribution is -0.117. The van der Waals surface area contributed by atoms with Gasteiger partial charge in [0, 0.05) is 10.6 Å². The topological polar surface area (TPSA) is 98.2 Å². The zero-order valence-corrected chi connectivity index (χ0v) is 8.48. The molecule has 76 valence electrons. The summed E-state index contributed by atoms with van der Waals surface area (Å²) in [6.07, 6.45) is 0. The van der Waals surface area contributed by atoms with Gasteiger partial charge in [0.1, 0.15) is 0 Å². The third-order valence-corrected chi connectivity index (χ3v) is 2.67. The summed E-state index contributed by atoms with van der Waals surface area (Å²) in [5.41, 5.74) is 11.0. The summed E-state index contributed by atoms with van der Waals surface area (Å²) in [4.78, 5) is 23.1. The molecule has 1 aromatic rings. The minimum absolute atomic E-state index is 0.157. The third-order valence-electron chi connectivity index (χ3n) is 1.60. The number of amides is 2. The SMILES string of the molecule is Cc1sc(C(=O)NCC(N)=O)cc1N. The van der Waals surface area contributed by atoms with E-state index in [1.165, 1.54) is 11.3 Å². The molecular weight excluding hydrogens is 202 g/mol. The molecule has 0 atom stereocenters. The smallest absolute Gasteiger partial charge is 0.261 e. The van der Waals surface area contributed by atoms with Gasteiger partial charge in [0.15, 0.2) is 0 Å². The first kappa shape index (κ1) is 10.5. The highest BCUT2D eigenvalue weighted by Crippen LogP contribution is 2.22. The minimum atomic E-state index is -0.570. The molecule has 0 unspecified atom stereocenters. The summed E-state index contributed by atoms with van der Waals surface area (Å²) < 4.78 is 0. The third kappa shape index (κ3) is 2.46. The van der Waals surface area contributed by atoms with Gasteiger partial charge in [-0.05, 0) is 13.0 Å². The number of primary amides is 1. The number of hydrogen-bond acceptors (Lipinski definition) is 4. The molecule has 1 rings (SSSR count). The van der Waals surface area contributed by atoms with Gasteiger partial charge in [0.05, 0.1) is 11.4 Å². The Morgan fingerprint density at radius 3 is 2.64 bits per heavy atom. The van der Waals surface area contributed by atoms with E-state index in [9.17, 15) is 9.59 Å². The highest BCUT2D eigenvalue weighted by molar-refractivity contribution is 7.14. The van der Waals surface area contributed by atoms with Crippen LogP contribution in [-0.4, -0.2) is 18.4 Å². The maximum atomic E-state index is 11.4. The van der Waals surface area contributed by atoms with E-state index in [0.717, 1.165) is 4.88 Å². The molecule has 6 heteroatoms. The van der Waals surface area contributed by atoms with Crippen molar-refractivity contribution in [1.82, 2.24) is 5.32 Å². The van der Waals surface area contributed by atoms with Crippen LogP contribution < -0.4 is 16.8 Å². The van der Waals surface area contributed by atoms with Crippen LogP contribution in [0.4, 0.5) is 5.69 Å². The van der Waals surface area contributed by atoms with E-state index in [4.69, 9.17) is 11.5 Å². The predicted octanol–water partition coefficient (Wildman–Crippen LogP) is -0.146. The number of anilines is 1. The highest BCUT2D eigenvalue weighted by atomic mass is 32.1. The molecule has 0 saturated carbocycles. The van der Waals surface area contributed by atoms with E-state index in [0.29, 0.717) is 10.6 Å². The summed E-state index contributed by atoms with van der Waals surface area (Å²) in [6, 6.07) is 1.58. The minimum Gasteiger partial charge on any atom is -0.398 e. The Morgan fingerprint density at radius 1 is 1.57 bits per heavy atom. The second-order valence-electron chi connectivity index (χ2n) is 2.77. The fourth-order valence-electron chi connectivity index (χ4n) is 0.863. The number of rotatable bonds is 3. The van der Waals surface area contributed by atoms with Crippen molar-refractivity contribution < 1.29 is 9.59 Å². The first-order valence-electron chi connectivity index (χ1n) is 3.93. The maximum Gasteiger partial charge on any atom is 0.261 e. The van der Waals surface area contributed by atoms with E-state index in [1.807, 2.05) is 6.92 Å². The molecule has 1 aromatic heterocycles. The van der Waals surface area contributed by atoms with E-state index >= 15 is 0 Å². The molecule has 0 bridgehead atoms. The van der Waals surface area contributed by atoms with E-state index in [2.05, 4.69) is 5.32 Å². The first-order chi connectivity index (χ1) is 6.50. The fraction of sp³-hybridized carbons (Fsp3) is 0.250. The lowest BCUT2D eigenvalue weighted by Gasteiger charge is -1.98. The molecule has 5 N–H and O–H groups in total. The molecular formula is C8H11N3O2S. The molecule has 0 aliphatic rings. The zero-order chi connectivity index (χ0) is 10.7. The van der Waals surface area contributed by atoms with Crippen LogP contribution in [0.15, 0.2) is 6.07 Å². The van der Waals surface area contributed by atoms with E-state index in [1.54, 1.807) is 6.07 Å². The van der Waals surface area contributed by atoms with Gasteiger partial charge in [0.25, 0.3) is 5.91 Å². The monoisotopic (exact) mass is 213 g/mol. The van der Waals surface area contributed by atoms with Gasteiger partial charge in [-0.15, -0.1) is 11.3 Å². The summed E-state index contributed by atoms with van der Waals surface area (Å²) in [5, 5.41) is 2.38. The number of aryl methyl sites for hydroxylation is 1. The molecule has 0 aromatic carbocycles. The van der Waals surface area contributed by atoms with Crippen molar-refractivity contribution in [3.05, 3.63) is 15.8 Å². The number of carbonyl (C=O) groups excluding carboxylic acids is 2. The van der Waals surface area contributed by atoms with Crippen molar-refractivity contribution in [2.75, 3.05) is 12.3 Å². The first-order valence-corrected chi connectivity index (χ1v) is 4.74. The van der Waals surface area contributed by atoms with Crippen molar-refractivity contribution >= 4 is 28.8 Å². The molecule has 1 heterocycles. The second-order valence-corrected chi connectivity index (χ2v) is 4.03. The van der Waals surface area contributed by atoms with E-state index < -0.39 is 5.91 Å². The van der Waals surface area contributed by atoms with Gasteiger partial charge < -0.3 is 16.8 Å². The molecule has 0 fully saturated rings. The summed E-state index contributed by atoms with van der Waals surface area (Å²) in [7, 11) is 0. The summed E-state index contributed by atoms with van der Waals surface area (Å²) >= 11 is 1.28. The standard InChI is InChI=1S/C8H11N3O2S/c1-4-5(9)2-6(14-4)8(13)11-3-7(10)12/h2H,3,9H2,1H3,(H2,10,12)(H,11,13). The highest BCUT2D eigenvalue weighted by Gasteiger charge is 2.10. The second kappa shape index (κ2) is 4.10. The number of hydrogen-bond donors (Lipinski definition) is 3.